The van der Waals surface area contributed by atoms with Crippen LogP contribution in [0.15, 0.2) is 23.8 Å². The summed E-state index contributed by atoms with van der Waals surface area (Å²) in [4.78, 5) is 12.8. The highest BCUT2D eigenvalue weighted by Gasteiger charge is 2.24. The Hall–Kier alpha value is -1.69. The van der Waals surface area contributed by atoms with Crippen molar-refractivity contribution in [2.24, 2.45) is 0 Å². The quantitative estimate of drug-likeness (QED) is 0.899. The van der Waals surface area contributed by atoms with Crippen molar-refractivity contribution in [3.8, 4) is 5.88 Å². The van der Waals surface area contributed by atoms with Crippen molar-refractivity contribution in [2.45, 2.75) is 26.3 Å². The van der Waals surface area contributed by atoms with Gasteiger partial charge in [0.25, 0.3) is 0 Å². The number of nitrogens with one attached hydrogen (secondary N) is 1. The summed E-state index contributed by atoms with van der Waals surface area (Å²) < 4.78 is 5.35. The van der Waals surface area contributed by atoms with Crippen LogP contribution in [0.3, 0.4) is 0 Å². The van der Waals surface area contributed by atoms with Gasteiger partial charge in [-0.25, -0.2) is 9.97 Å². The first-order valence-electron chi connectivity index (χ1n) is 5.76. The molecule has 96 valence electrons. The fourth-order valence-corrected chi connectivity index (χ4v) is 2.21. The fourth-order valence-electron chi connectivity index (χ4n) is 1.50. The normalized spacial score (nSPS) is 11.3. The molecule has 0 aliphatic rings. The van der Waals surface area contributed by atoms with Gasteiger partial charge in [-0.05, 0) is 20.8 Å². The van der Waals surface area contributed by atoms with Gasteiger partial charge in [0.1, 0.15) is 5.01 Å². The molecule has 0 aromatic carbocycles. The molecule has 0 saturated carbocycles. The molecule has 0 saturated heterocycles. The lowest BCUT2D eigenvalue weighted by Gasteiger charge is -2.23. The van der Waals surface area contributed by atoms with Crippen LogP contribution >= 0.6 is 11.3 Å². The van der Waals surface area contributed by atoms with Crippen molar-refractivity contribution in [1.29, 1.82) is 0 Å². The van der Waals surface area contributed by atoms with Gasteiger partial charge in [-0.1, -0.05) is 0 Å². The second kappa shape index (κ2) is 5.30. The molecular formula is C12H16N4OS. The van der Waals surface area contributed by atoms with E-state index in [1.165, 1.54) is 0 Å². The number of ether oxygens (including phenoxy) is 1. The minimum atomic E-state index is -0.307. The van der Waals surface area contributed by atoms with E-state index in [4.69, 9.17) is 4.74 Å². The van der Waals surface area contributed by atoms with Crippen LogP contribution in [0.5, 0.6) is 5.88 Å². The van der Waals surface area contributed by atoms with E-state index in [0.29, 0.717) is 18.4 Å². The smallest absolute Gasteiger partial charge is 0.226 e. The molecule has 2 aromatic heterocycles. The second-order valence-corrected chi connectivity index (χ2v) is 5.13. The third-order valence-electron chi connectivity index (χ3n) is 2.31. The molecule has 5 nitrogen and oxygen atoms in total. The van der Waals surface area contributed by atoms with Gasteiger partial charge in [-0.3, -0.25) is 0 Å². The van der Waals surface area contributed by atoms with E-state index in [1.54, 1.807) is 29.8 Å². The molecule has 0 radical (unpaired) electrons. The number of aromatic nitrogens is 3. The molecule has 0 amide bonds. The SMILES string of the molecule is CCOc1ccnc(NC(C)(C)c2nccs2)n1. The first-order chi connectivity index (χ1) is 8.62. The van der Waals surface area contributed by atoms with Crippen LogP contribution in [-0.4, -0.2) is 21.6 Å². The van der Waals surface area contributed by atoms with E-state index in [-0.39, 0.29) is 5.54 Å². The molecule has 0 aliphatic carbocycles. The topological polar surface area (TPSA) is 59.9 Å². The number of thiazole rings is 1. The van der Waals surface area contributed by atoms with Gasteiger partial charge >= 0.3 is 0 Å². The van der Waals surface area contributed by atoms with E-state index < -0.39 is 0 Å². The zero-order chi connectivity index (χ0) is 13.0. The van der Waals surface area contributed by atoms with Crippen LogP contribution in [0, 0.1) is 0 Å². The van der Waals surface area contributed by atoms with Crippen LogP contribution in [0.4, 0.5) is 5.95 Å². The lowest BCUT2D eigenvalue weighted by molar-refractivity contribution is 0.326. The van der Waals surface area contributed by atoms with Crippen molar-refractivity contribution < 1.29 is 4.74 Å². The average Bonchev–Trinajstić information content (AvgIpc) is 2.83. The predicted molar refractivity (Wildman–Crippen MR) is 72.0 cm³/mol. The van der Waals surface area contributed by atoms with Gasteiger partial charge in [0.05, 0.1) is 12.1 Å². The van der Waals surface area contributed by atoms with Crippen LogP contribution in [-0.2, 0) is 5.54 Å². The molecule has 1 N–H and O–H groups in total. The largest absolute Gasteiger partial charge is 0.478 e. The molecule has 0 bridgehead atoms. The fraction of sp³-hybridized carbons (Fsp3) is 0.417. The molecule has 0 atom stereocenters. The first kappa shape index (κ1) is 12.8. The molecule has 0 fully saturated rings. The summed E-state index contributed by atoms with van der Waals surface area (Å²) in [7, 11) is 0. The van der Waals surface area contributed by atoms with Crippen LogP contribution in [0.1, 0.15) is 25.8 Å². The van der Waals surface area contributed by atoms with Gasteiger partial charge in [-0.15, -0.1) is 11.3 Å². The van der Waals surface area contributed by atoms with E-state index in [2.05, 4.69) is 20.3 Å². The molecule has 2 aromatic rings. The Kier molecular flexibility index (Phi) is 3.76. The molecule has 0 spiro atoms. The van der Waals surface area contributed by atoms with E-state index >= 15 is 0 Å². The summed E-state index contributed by atoms with van der Waals surface area (Å²) in [6.07, 6.45) is 3.47. The molecular weight excluding hydrogens is 248 g/mol. The van der Waals surface area contributed by atoms with E-state index in [1.807, 2.05) is 26.2 Å². The standard InChI is InChI=1S/C12H16N4OS/c1-4-17-9-5-6-14-11(15-9)16-12(2,3)10-13-7-8-18-10/h5-8H,4H2,1-3H3,(H,14,15,16). The number of anilines is 1. The monoisotopic (exact) mass is 264 g/mol. The minimum Gasteiger partial charge on any atom is -0.478 e. The third-order valence-corrected chi connectivity index (χ3v) is 3.41. The minimum absolute atomic E-state index is 0.307. The number of rotatable bonds is 5. The Bertz CT molecular complexity index is 499. The number of nitrogens with zero attached hydrogens (tertiary/aromatic N) is 3. The highest BCUT2D eigenvalue weighted by Crippen LogP contribution is 2.25. The van der Waals surface area contributed by atoms with Crippen molar-refractivity contribution in [1.82, 2.24) is 15.0 Å². The first-order valence-corrected chi connectivity index (χ1v) is 6.64. The zero-order valence-electron chi connectivity index (χ0n) is 10.7. The Morgan fingerprint density at radius 2 is 2.17 bits per heavy atom. The Labute approximate surface area is 110 Å². The Morgan fingerprint density at radius 1 is 1.33 bits per heavy atom. The Balaban J connectivity index is 2.16. The maximum atomic E-state index is 5.35. The van der Waals surface area contributed by atoms with Crippen LogP contribution in [0.2, 0.25) is 0 Å². The Morgan fingerprint density at radius 3 is 2.83 bits per heavy atom. The van der Waals surface area contributed by atoms with Crippen molar-refractivity contribution >= 4 is 17.3 Å². The summed E-state index contributed by atoms with van der Waals surface area (Å²) in [5.74, 6) is 1.12. The molecule has 6 heteroatoms. The molecule has 0 unspecified atom stereocenters. The van der Waals surface area contributed by atoms with Crippen molar-refractivity contribution in [3.63, 3.8) is 0 Å². The van der Waals surface area contributed by atoms with Crippen LogP contribution < -0.4 is 10.1 Å². The van der Waals surface area contributed by atoms with E-state index in [9.17, 15) is 0 Å². The highest BCUT2D eigenvalue weighted by molar-refractivity contribution is 7.09. The van der Waals surface area contributed by atoms with Gasteiger partial charge in [0.2, 0.25) is 11.8 Å². The summed E-state index contributed by atoms with van der Waals surface area (Å²) in [6, 6.07) is 1.74. The summed E-state index contributed by atoms with van der Waals surface area (Å²) in [5, 5.41) is 6.21. The van der Waals surface area contributed by atoms with Gasteiger partial charge in [0, 0.05) is 23.8 Å². The lowest BCUT2D eigenvalue weighted by atomic mass is 10.1. The molecule has 2 rings (SSSR count). The summed E-state index contributed by atoms with van der Waals surface area (Å²) in [6.45, 7) is 6.60. The number of hydrogen-bond acceptors (Lipinski definition) is 6. The van der Waals surface area contributed by atoms with Crippen LogP contribution in [0.25, 0.3) is 0 Å². The summed E-state index contributed by atoms with van der Waals surface area (Å²) in [5.41, 5.74) is -0.307. The van der Waals surface area contributed by atoms with Crippen molar-refractivity contribution in [3.05, 3.63) is 28.8 Å². The highest BCUT2D eigenvalue weighted by atomic mass is 32.1. The number of hydrogen-bond donors (Lipinski definition) is 1. The molecule has 18 heavy (non-hydrogen) atoms. The molecule has 0 aliphatic heterocycles. The van der Waals surface area contributed by atoms with Gasteiger partial charge in [-0.2, -0.15) is 4.98 Å². The predicted octanol–water partition coefficient (Wildman–Crippen LogP) is 2.68. The third kappa shape index (κ3) is 2.95. The maximum absolute atomic E-state index is 5.35. The molecule has 2 heterocycles. The second-order valence-electron chi connectivity index (χ2n) is 4.24. The maximum Gasteiger partial charge on any atom is 0.226 e. The van der Waals surface area contributed by atoms with Gasteiger partial charge in [0.15, 0.2) is 0 Å². The van der Waals surface area contributed by atoms with E-state index in [0.717, 1.165) is 5.01 Å². The zero-order valence-corrected chi connectivity index (χ0v) is 11.5. The lowest BCUT2D eigenvalue weighted by Crippen LogP contribution is -2.28. The van der Waals surface area contributed by atoms with Crippen molar-refractivity contribution in [2.75, 3.05) is 11.9 Å². The average molecular weight is 264 g/mol. The van der Waals surface area contributed by atoms with Gasteiger partial charge < -0.3 is 10.1 Å². The summed E-state index contributed by atoms with van der Waals surface area (Å²) >= 11 is 1.60.